The van der Waals surface area contributed by atoms with Crippen LogP contribution < -0.4 is 15.0 Å². The number of carbonyl (C=O) groups excluding carboxylic acids is 2. The number of hydrogen-bond acceptors (Lipinski definition) is 5. The maximum atomic E-state index is 12.2. The second-order valence-corrected chi connectivity index (χ2v) is 5.76. The largest absolute Gasteiger partial charge is 0.482 e. The van der Waals surface area contributed by atoms with E-state index < -0.39 is 0 Å². The Hall–Kier alpha value is -3.48. The van der Waals surface area contributed by atoms with E-state index in [-0.39, 0.29) is 37.3 Å². The number of para-hydroxylation sites is 2. The van der Waals surface area contributed by atoms with Crippen LogP contribution in [0.1, 0.15) is 22.1 Å². The Labute approximate surface area is 149 Å². The SMILES string of the molecule is O=C(NCc1ccco1)c1ccc(CN2C(=O)COc3ccccc32)o1. The van der Waals surface area contributed by atoms with Gasteiger partial charge in [-0.2, -0.15) is 0 Å². The van der Waals surface area contributed by atoms with Crippen LogP contribution in [0.5, 0.6) is 5.75 Å². The molecule has 0 radical (unpaired) electrons. The molecule has 3 aromatic rings. The van der Waals surface area contributed by atoms with Crippen LogP contribution in [0.15, 0.2) is 63.6 Å². The lowest BCUT2D eigenvalue weighted by Gasteiger charge is -2.28. The zero-order valence-electron chi connectivity index (χ0n) is 13.8. The fourth-order valence-electron chi connectivity index (χ4n) is 2.74. The molecular weight excluding hydrogens is 336 g/mol. The summed E-state index contributed by atoms with van der Waals surface area (Å²) >= 11 is 0. The van der Waals surface area contributed by atoms with Gasteiger partial charge in [0.2, 0.25) is 0 Å². The Bertz CT molecular complexity index is 929. The van der Waals surface area contributed by atoms with Crippen molar-refractivity contribution in [2.75, 3.05) is 11.5 Å². The van der Waals surface area contributed by atoms with E-state index in [9.17, 15) is 9.59 Å². The predicted octanol–water partition coefficient (Wildman–Crippen LogP) is 2.73. The van der Waals surface area contributed by atoms with Gasteiger partial charge in [-0.3, -0.25) is 14.5 Å². The van der Waals surface area contributed by atoms with Crippen molar-refractivity contribution in [1.82, 2.24) is 5.32 Å². The maximum Gasteiger partial charge on any atom is 0.287 e. The molecule has 7 nitrogen and oxygen atoms in total. The summed E-state index contributed by atoms with van der Waals surface area (Å²) in [4.78, 5) is 26.0. The van der Waals surface area contributed by atoms with E-state index in [0.717, 1.165) is 0 Å². The van der Waals surface area contributed by atoms with Crippen molar-refractivity contribution in [3.05, 3.63) is 72.1 Å². The van der Waals surface area contributed by atoms with Gasteiger partial charge < -0.3 is 18.9 Å². The number of amides is 2. The minimum Gasteiger partial charge on any atom is -0.482 e. The monoisotopic (exact) mass is 352 g/mol. The molecule has 7 heteroatoms. The number of fused-ring (bicyclic) bond motifs is 1. The summed E-state index contributed by atoms with van der Waals surface area (Å²) in [6, 6.07) is 14.1. The van der Waals surface area contributed by atoms with Gasteiger partial charge in [-0.25, -0.2) is 0 Å². The van der Waals surface area contributed by atoms with E-state index in [4.69, 9.17) is 13.6 Å². The fourth-order valence-corrected chi connectivity index (χ4v) is 2.74. The molecule has 132 valence electrons. The van der Waals surface area contributed by atoms with Crippen LogP contribution in [0.4, 0.5) is 5.69 Å². The standard InChI is InChI=1S/C19H16N2O5/c22-18-12-25-16-6-2-1-5-15(16)21(18)11-14-7-8-17(26-14)19(23)20-10-13-4-3-9-24-13/h1-9H,10-12H2,(H,20,23). The average molecular weight is 352 g/mol. The summed E-state index contributed by atoms with van der Waals surface area (Å²) in [5.74, 6) is 1.49. The summed E-state index contributed by atoms with van der Waals surface area (Å²) in [5, 5.41) is 2.72. The van der Waals surface area contributed by atoms with E-state index in [1.165, 1.54) is 0 Å². The number of benzene rings is 1. The molecule has 26 heavy (non-hydrogen) atoms. The van der Waals surface area contributed by atoms with Crippen molar-refractivity contribution in [1.29, 1.82) is 0 Å². The molecule has 0 bridgehead atoms. The number of ether oxygens (including phenoxy) is 1. The second-order valence-electron chi connectivity index (χ2n) is 5.76. The summed E-state index contributed by atoms with van der Waals surface area (Å²) < 4.78 is 16.2. The van der Waals surface area contributed by atoms with Gasteiger partial charge in [-0.15, -0.1) is 0 Å². The highest BCUT2D eigenvalue weighted by Gasteiger charge is 2.26. The number of nitrogens with one attached hydrogen (secondary N) is 1. The van der Waals surface area contributed by atoms with E-state index in [2.05, 4.69) is 5.32 Å². The number of rotatable bonds is 5. The quantitative estimate of drug-likeness (QED) is 0.763. The molecule has 1 aliphatic rings. The number of anilines is 1. The third-order valence-electron chi connectivity index (χ3n) is 4.01. The van der Waals surface area contributed by atoms with Crippen molar-refractivity contribution in [2.45, 2.75) is 13.1 Å². The highest BCUT2D eigenvalue weighted by atomic mass is 16.5. The average Bonchev–Trinajstić information content (AvgIpc) is 3.34. The van der Waals surface area contributed by atoms with Gasteiger partial charge in [0, 0.05) is 0 Å². The molecule has 0 aliphatic carbocycles. The third-order valence-corrected chi connectivity index (χ3v) is 4.01. The third kappa shape index (κ3) is 3.19. The Kier molecular flexibility index (Phi) is 4.18. The molecule has 0 unspecified atom stereocenters. The van der Waals surface area contributed by atoms with Gasteiger partial charge in [-0.1, -0.05) is 12.1 Å². The van der Waals surface area contributed by atoms with Gasteiger partial charge >= 0.3 is 0 Å². The topological polar surface area (TPSA) is 84.9 Å². The van der Waals surface area contributed by atoms with E-state index >= 15 is 0 Å². The number of nitrogens with zero attached hydrogens (tertiary/aromatic N) is 1. The van der Waals surface area contributed by atoms with Crippen molar-refractivity contribution < 1.29 is 23.2 Å². The molecular formula is C19H16N2O5. The van der Waals surface area contributed by atoms with Crippen LogP contribution >= 0.6 is 0 Å². The van der Waals surface area contributed by atoms with Crippen molar-refractivity contribution in [3.63, 3.8) is 0 Å². The fraction of sp³-hybridized carbons (Fsp3) is 0.158. The molecule has 0 spiro atoms. The molecule has 4 rings (SSSR count). The molecule has 0 atom stereocenters. The molecule has 1 aromatic carbocycles. The normalized spacial score (nSPS) is 13.2. The summed E-state index contributed by atoms with van der Waals surface area (Å²) in [6.07, 6.45) is 1.55. The Morgan fingerprint density at radius 3 is 2.81 bits per heavy atom. The molecule has 2 aromatic heterocycles. The molecule has 1 aliphatic heterocycles. The zero-order valence-corrected chi connectivity index (χ0v) is 13.8. The maximum absolute atomic E-state index is 12.2. The Balaban J connectivity index is 1.45. The first-order chi connectivity index (χ1) is 12.7. The minimum absolute atomic E-state index is 0.0196. The molecule has 2 amide bonds. The molecule has 1 N–H and O–H groups in total. The Morgan fingerprint density at radius 1 is 1.08 bits per heavy atom. The van der Waals surface area contributed by atoms with Crippen LogP contribution in [-0.4, -0.2) is 18.4 Å². The van der Waals surface area contributed by atoms with Crippen molar-refractivity contribution in [3.8, 4) is 5.75 Å². The minimum atomic E-state index is -0.346. The first-order valence-corrected chi connectivity index (χ1v) is 8.12. The molecule has 0 saturated heterocycles. The van der Waals surface area contributed by atoms with E-state index in [1.54, 1.807) is 35.4 Å². The summed E-state index contributed by atoms with van der Waals surface area (Å²) in [7, 11) is 0. The van der Waals surface area contributed by atoms with Crippen LogP contribution in [-0.2, 0) is 17.9 Å². The van der Waals surface area contributed by atoms with Gasteiger partial charge in [0.25, 0.3) is 11.8 Å². The van der Waals surface area contributed by atoms with Gasteiger partial charge in [0.05, 0.1) is 25.0 Å². The van der Waals surface area contributed by atoms with Gasteiger partial charge in [0.15, 0.2) is 12.4 Å². The Morgan fingerprint density at radius 2 is 1.96 bits per heavy atom. The molecule has 0 saturated carbocycles. The van der Waals surface area contributed by atoms with Crippen molar-refractivity contribution >= 4 is 17.5 Å². The number of carbonyl (C=O) groups is 2. The summed E-state index contributed by atoms with van der Waals surface area (Å²) in [5.41, 5.74) is 0.684. The van der Waals surface area contributed by atoms with Crippen LogP contribution in [0.25, 0.3) is 0 Å². The lowest BCUT2D eigenvalue weighted by Crippen LogP contribution is -2.38. The highest BCUT2D eigenvalue weighted by molar-refractivity contribution is 5.97. The lowest BCUT2D eigenvalue weighted by molar-refractivity contribution is -0.121. The lowest BCUT2D eigenvalue weighted by atomic mass is 10.2. The zero-order chi connectivity index (χ0) is 17.9. The predicted molar refractivity (Wildman–Crippen MR) is 91.7 cm³/mol. The van der Waals surface area contributed by atoms with Crippen molar-refractivity contribution in [2.24, 2.45) is 0 Å². The number of hydrogen-bond donors (Lipinski definition) is 1. The first-order valence-electron chi connectivity index (χ1n) is 8.12. The smallest absolute Gasteiger partial charge is 0.287 e. The number of furan rings is 2. The van der Waals surface area contributed by atoms with E-state index in [0.29, 0.717) is 23.0 Å². The molecule has 3 heterocycles. The van der Waals surface area contributed by atoms with E-state index in [1.807, 2.05) is 24.3 Å². The van der Waals surface area contributed by atoms with Gasteiger partial charge in [-0.05, 0) is 36.4 Å². The second kappa shape index (κ2) is 6.79. The highest BCUT2D eigenvalue weighted by Crippen LogP contribution is 2.32. The summed E-state index contributed by atoms with van der Waals surface area (Å²) in [6.45, 7) is 0.482. The van der Waals surface area contributed by atoms with Crippen LogP contribution in [0, 0.1) is 0 Å². The first kappa shape index (κ1) is 16.0. The van der Waals surface area contributed by atoms with Crippen LogP contribution in [0.2, 0.25) is 0 Å². The van der Waals surface area contributed by atoms with Crippen LogP contribution in [0.3, 0.4) is 0 Å². The molecule has 0 fully saturated rings. The van der Waals surface area contributed by atoms with Gasteiger partial charge in [0.1, 0.15) is 17.3 Å².